The molecule has 0 bridgehead atoms. The Morgan fingerprint density at radius 1 is 1.12 bits per heavy atom. The van der Waals surface area contributed by atoms with Crippen LogP contribution in [0.15, 0.2) is 24.4 Å². The monoisotopic (exact) mass is 291 g/mol. The third-order valence-corrected chi connectivity index (χ3v) is 2.89. The van der Waals surface area contributed by atoms with E-state index >= 15 is 0 Å². The minimum atomic E-state index is -0.645. The van der Waals surface area contributed by atoms with E-state index in [1.54, 1.807) is 6.07 Å². The Morgan fingerprint density at radius 3 is 2.59 bits per heavy atom. The van der Waals surface area contributed by atoms with Crippen LogP contribution in [-0.2, 0) is 0 Å². The summed E-state index contributed by atoms with van der Waals surface area (Å²) in [5.41, 5.74) is 0.161. The van der Waals surface area contributed by atoms with Crippen LogP contribution >= 0.6 is 34.8 Å². The average Bonchev–Trinajstić information content (AvgIpc) is 2.30. The van der Waals surface area contributed by atoms with Crippen molar-refractivity contribution in [2.24, 2.45) is 0 Å². The van der Waals surface area contributed by atoms with Gasteiger partial charge in [0.2, 0.25) is 5.28 Å². The van der Waals surface area contributed by atoms with Crippen LogP contribution < -0.4 is 5.32 Å². The van der Waals surface area contributed by atoms with E-state index in [0.29, 0.717) is 5.82 Å². The fourth-order valence-corrected chi connectivity index (χ4v) is 1.62. The predicted octanol–water partition coefficient (Wildman–Crippen LogP) is 4.32. The molecule has 3 nitrogen and oxygen atoms in total. The predicted molar refractivity (Wildman–Crippen MR) is 66.7 cm³/mol. The van der Waals surface area contributed by atoms with Crippen molar-refractivity contribution in [3.63, 3.8) is 0 Å². The van der Waals surface area contributed by atoms with Crippen LogP contribution in [0, 0.1) is 5.82 Å². The molecule has 2 aromatic rings. The van der Waals surface area contributed by atoms with Crippen molar-refractivity contribution in [3.05, 3.63) is 45.5 Å². The molecular formula is C10H5Cl3FN3. The van der Waals surface area contributed by atoms with Gasteiger partial charge in [0.05, 0.1) is 15.7 Å². The maximum atomic E-state index is 13.7. The topological polar surface area (TPSA) is 37.8 Å². The number of aromatic nitrogens is 2. The molecule has 0 aliphatic heterocycles. The summed E-state index contributed by atoms with van der Waals surface area (Å²) in [4.78, 5) is 7.57. The SMILES string of the molecule is Fc1c(Nc2ccnc(Cl)n2)ccc(Cl)c1Cl. The largest absolute Gasteiger partial charge is 0.338 e. The van der Waals surface area contributed by atoms with Crippen LogP contribution in [0.2, 0.25) is 15.3 Å². The van der Waals surface area contributed by atoms with Crippen molar-refractivity contribution in [1.82, 2.24) is 9.97 Å². The summed E-state index contributed by atoms with van der Waals surface area (Å²) < 4.78 is 13.7. The van der Waals surface area contributed by atoms with Gasteiger partial charge in [-0.25, -0.2) is 14.4 Å². The summed E-state index contributed by atoms with van der Waals surface area (Å²) in [6.45, 7) is 0. The Balaban J connectivity index is 2.34. The molecular weight excluding hydrogens is 287 g/mol. The highest BCUT2D eigenvalue weighted by molar-refractivity contribution is 6.42. The lowest BCUT2D eigenvalue weighted by Gasteiger charge is -2.08. The zero-order valence-corrected chi connectivity index (χ0v) is 10.5. The molecule has 0 amide bonds. The Kier molecular flexibility index (Phi) is 3.66. The molecule has 1 aromatic heterocycles. The van der Waals surface area contributed by atoms with E-state index in [0.717, 1.165) is 0 Å². The molecule has 0 atom stereocenters. The Bertz CT molecular complexity index is 562. The first kappa shape index (κ1) is 12.4. The molecule has 17 heavy (non-hydrogen) atoms. The lowest BCUT2D eigenvalue weighted by molar-refractivity contribution is 0.632. The molecule has 1 N–H and O–H groups in total. The van der Waals surface area contributed by atoms with Gasteiger partial charge in [-0.15, -0.1) is 0 Å². The number of rotatable bonds is 2. The van der Waals surface area contributed by atoms with Gasteiger partial charge in [0.1, 0.15) is 5.82 Å². The third-order valence-electron chi connectivity index (χ3n) is 1.92. The van der Waals surface area contributed by atoms with Gasteiger partial charge in [-0.2, -0.15) is 0 Å². The van der Waals surface area contributed by atoms with E-state index in [4.69, 9.17) is 34.8 Å². The molecule has 0 spiro atoms. The highest BCUT2D eigenvalue weighted by Gasteiger charge is 2.11. The molecule has 88 valence electrons. The van der Waals surface area contributed by atoms with E-state index in [1.807, 2.05) is 0 Å². The van der Waals surface area contributed by atoms with Gasteiger partial charge in [0, 0.05) is 6.20 Å². The fraction of sp³-hybridized carbons (Fsp3) is 0. The van der Waals surface area contributed by atoms with Crippen molar-refractivity contribution in [2.45, 2.75) is 0 Å². The number of nitrogens with zero attached hydrogens (tertiary/aromatic N) is 2. The van der Waals surface area contributed by atoms with E-state index in [-0.39, 0.29) is 21.0 Å². The van der Waals surface area contributed by atoms with E-state index < -0.39 is 5.82 Å². The van der Waals surface area contributed by atoms with Crippen LogP contribution in [0.3, 0.4) is 0 Å². The Hall–Kier alpha value is -1.10. The van der Waals surface area contributed by atoms with Gasteiger partial charge >= 0.3 is 0 Å². The van der Waals surface area contributed by atoms with Gasteiger partial charge in [-0.1, -0.05) is 23.2 Å². The lowest BCUT2D eigenvalue weighted by Crippen LogP contribution is -1.97. The van der Waals surface area contributed by atoms with Gasteiger partial charge in [0.25, 0.3) is 0 Å². The van der Waals surface area contributed by atoms with Gasteiger partial charge < -0.3 is 5.32 Å². The zero-order valence-electron chi connectivity index (χ0n) is 8.22. The van der Waals surface area contributed by atoms with Crippen LogP contribution in [0.25, 0.3) is 0 Å². The molecule has 1 aromatic carbocycles. The summed E-state index contributed by atoms with van der Waals surface area (Å²) in [5, 5.41) is 2.80. The van der Waals surface area contributed by atoms with E-state index in [2.05, 4.69) is 15.3 Å². The summed E-state index contributed by atoms with van der Waals surface area (Å²) in [6, 6.07) is 4.49. The van der Waals surface area contributed by atoms with Crippen LogP contribution in [0.1, 0.15) is 0 Å². The molecule has 0 aliphatic rings. The molecule has 0 saturated carbocycles. The van der Waals surface area contributed by atoms with Gasteiger partial charge in [0.15, 0.2) is 5.82 Å². The van der Waals surface area contributed by atoms with Crippen LogP contribution in [0.4, 0.5) is 15.9 Å². The second-order valence-electron chi connectivity index (χ2n) is 3.06. The quantitative estimate of drug-likeness (QED) is 0.661. The first-order valence-electron chi connectivity index (χ1n) is 4.47. The number of hydrogen-bond acceptors (Lipinski definition) is 3. The maximum Gasteiger partial charge on any atom is 0.224 e. The van der Waals surface area contributed by atoms with Crippen molar-refractivity contribution in [2.75, 3.05) is 5.32 Å². The Labute approximate surface area is 112 Å². The lowest BCUT2D eigenvalue weighted by atomic mass is 10.3. The molecule has 7 heteroatoms. The Morgan fingerprint density at radius 2 is 1.88 bits per heavy atom. The highest BCUT2D eigenvalue weighted by atomic mass is 35.5. The van der Waals surface area contributed by atoms with Crippen LogP contribution in [0.5, 0.6) is 0 Å². The molecule has 0 radical (unpaired) electrons. The summed E-state index contributed by atoms with van der Waals surface area (Å²) in [5.74, 6) is -0.281. The third kappa shape index (κ3) is 2.77. The minimum Gasteiger partial charge on any atom is -0.338 e. The van der Waals surface area contributed by atoms with Crippen molar-refractivity contribution < 1.29 is 4.39 Å². The number of halogens is 4. The molecule has 0 fully saturated rings. The first-order valence-corrected chi connectivity index (χ1v) is 5.60. The fourth-order valence-electron chi connectivity index (χ4n) is 1.16. The minimum absolute atomic E-state index is 0.0652. The smallest absolute Gasteiger partial charge is 0.224 e. The van der Waals surface area contributed by atoms with Gasteiger partial charge in [-0.3, -0.25) is 0 Å². The number of hydrogen-bond donors (Lipinski definition) is 1. The number of anilines is 2. The van der Waals surface area contributed by atoms with Gasteiger partial charge in [-0.05, 0) is 29.8 Å². The molecule has 1 heterocycles. The van der Waals surface area contributed by atoms with Crippen molar-refractivity contribution in [1.29, 1.82) is 0 Å². The highest BCUT2D eigenvalue weighted by Crippen LogP contribution is 2.31. The molecule has 0 aliphatic carbocycles. The second kappa shape index (κ2) is 5.04. The zero-order chi connectivity index (χ0) is 12.4. The average molecular weight is 293 g/mol. The van der Waals surface area contributed by atoms with E-state index in [9.17, 15) is 4.39 Å². The van der Waals surface area contributed by atoms with E-state index in [1.165, 1.54) is 18.3 Å². The molecule has 2 rings (SSSR count). The normalized spacial score (nSPS) is 10.4. The number of nitrogens with one attached hydrogen (secondary N) is 1. The summed E-state index contributed by atoms with van der Waals surface area (Å²) >= 11 is 16.9. The second-order valence-corrected chi connectivity index (χ2v) is 4.18. The summed E-state index contributed by atoms with van der Waals surface area (Å²) in [7, 11) is 0. The molecule has 0 saturated heterocycles. The van der Waals surface area contributed by atoms with Crippen molar-refractivity contribution >= 4 is 46.3 Å². The molecule has 0 unspecified atom stereocenters. The summed E-state index contributed by atoms with van der Waals surface area (Å²) in [6.07, 6.45) is 1.45. The standard InChI is InChI=1S/C10H5Cl3FN3/c11-5-1-2-6(9(14)8(5)12)16-7-3-4-15-10(13)17-7/h1-4H,(H,15,16,17). The number of benzene rings is 1. The van der Waals surface area contributed by atoms with Crippen molar-refractivity contribution in [3.8, 4) is 0 Å². The van der Waals surface area contributed by atoms with Crippen LogP contribution in [-0.4, -0.2) is 9.97 Å². The maximum absolute atomic E-state index is 13.7. The first-order chi connectivity index (χ1) is 8.08.